The Morgan fingerprint density at radius 3 is 2.67 bits per heavy atom. The second-order valence-electron chi connectivity index (χ2n) is 4.60. The molecule has 0 aliphatic carbocycles. The first-order chi connectivity index (χ1) is 8.51. The van der Waals surface area contributed by atoms with Gasteiger partial charge in [0.25, 0.3) is 5.91 Å². The van der Waals surface area contributed by atoms with Crippen LogP contribution in [0, 0.1) is 0 Å². The van der Waals surface area contributed by atoms with Crippen molar-refractivity contribution in [2.75, 3.05) is 24.7 Å². The minimum atomic E-state index is -0.113. The van der Waals surface area contributed by atoms with Gasteiger partial charge >= 0.3 is 0 Å². The van der Waals surface area contributed by atoms with E-state index in [1.807, 2.05) is 13.1 Å². The lowest BCUT2D eigenvalue weighted by Crippen LogP contribution is -2.29. The topological polar surface area (TPSA) is 58.4 Å². The molecule has 0 aromatic heterocycles. The molecule has 1 rings (SSSR count). The van der Waals surface area contributed by atoms with Gasteiger partial charge in [-0.3, -0.25) is 4.79 Å². The number of nitrogens with one attached hydrogen (secondary N) is 1. The highest BCUT2D eigenvalue weighted by atomic mass is 16.1. The second-order valence-corrected chi connectivity index (χ2v) is 4.60. The van der Waals surface area contributed by atoms with Gasteiger partial charge < -0.3 is 16.0 Å². The van der Waals surface area contributed by atoms with Crippen LogP contribution >= 0.6 is 0 Å². The summed E-state index contributed by atoms with van der Waals surface area (Å²) in [5.41, 5.74) is 8.24. The van der Waals surface area contributed by atoms with E-state index in [0.29, 0.717) is 17.3 Å². The molecule has 0 aliphatic heterocycles. The second kappa shape index (κ2) is 6.28. The monoisotopic (exact) mass is 249 g/mol. The van der Waals surface area contributed by atoms with Crippen LogP contribution in [0.3, 0.4) is 0 Å². The van der Waals surface area contributed by atoms with Gasteiger partial charge in [-0.25, -0.2) is 0 Å². The largest absolute Gasteiger partial charge is 0.397 e. The predicted octanol–water partition coefficient (Wildman–Crippen LogP) is 2.25. The molecule has 100 valence electrons. The summed E-state index contributed by atoms with van der Waals surface area (Å²) < 4.78 is 0. The highest BCUT2D eigenvalue weighted by molar-refractivity contribution is 5.96. The number of anilines is 2. The molecule has 0 aliphatic rings. The van der Waals surface area contributed by atoms with Gasteiger partial charge in [0.2, 0.25) is 0 Å². The SMILES string of the molecule is CCCC(C)N(C)c1ccc(C(=O)NC)cc1N. The van der Waals surface area contributed by atoms with E-state index in [-0.39, 0.29) is 5.91 Å². The Balaban J connectivity index is 2.94. The Morgan fingerprint density at radius 1 is 1.50 bits per heavy atom. The highest BCUT2D eigenvalue weighted by Crippen LogP contribution is 2.26. The van der Waals surface area contributed by atoms with Gasteiger partial charge in [0.05, 0.1) is 11.4 Å². The molecule has 0 saturated carbocycles. The van der Waals surface area contributed by atoms with Crippen LogP contribution < -0.4 is 16.0 Å². The van der Waals surface area contributed by atoms with Gasteiger partial charge in [-0.1, -0.05) is 13.3 Å². The van der Waals surface area contributed by atoms with E-state index in [0.717, 1.165) is 18.5 Å². The molecule has 0 bridgehead atoms. The highest BCUT2D eigenvalue weighted by Gasteiger charge is 2.13. The van der Waals surface area contributed by atoms with Crippen molar-refractivity contribution < 1.29 is 4.79 Å². The molecule has 1 amide bonds. The van der Waals surface area contributed by atoms with Crippen molar-refractivity contribution >= 4 is 17.3 Å². The molecule has 0 fully saturated rings. The fraction of sp³-hybridized carbons (Fsp3) is 0.500. The number of nitrogens with two attached hydrogens (primary N) is 1. The number of carbonyl (C=O) groups is 1. The Kier molecular flexibility index (Phi) is 5.01. The summed E-state index contributed by atoms with van der Waals surface area (Å²) in [6, 6.07) is 5.87. The maximum Gasteiger partial charge on any atom is 0.251 e. The Hall–Kier alpha value is -1.71. The van der Waals surface area contributed by atoms with Crippen molar-refractivity contribution in [2.45, 2.75) is 32.7 Å². The van der Waals surface area contributed by atoms with Crippen LogP contribution in [0.1, 0.15) is 37.0 Å². The molecule has 0 spiro atoms. The van der Waals surface area contributed by atoms with Gasteiger partial charge in [0.1, 0.15) is 0 Å². The van der Waals surface area contributed by atoms with Crippen LogP contribution in [0.4, 0.5) is 11.4 Å². The molecule has 0 radical (unpaired) electrons. The maximum absolute atomic E-state index is 11.5. The van der Waals surface area contributed by atoms with Crippen LogP contribution in [0.15, 0.2) is 18.2 Å². The molecular formula is C14H23N3O. The van der Waals surface area contributed by atoms with Crippen LogP contribution in [0.2, 0.25) is 0 Å². The van der Waals surface area contributed by atoms with Gasteiger partial charge in [-0.05, 0) is 31.5 Å². The standard InChI is InChI=1S/C14H23N3O/c1-5-6-10(2)17(4)13-8-7-11(9-12(13)15)14(18)16-3/h7-10H,5-6,15H2,1-4H3,(H,16,18). The lowest BCUT2D eigenvalue weighted by Gasteiger charge is -2.28. The van der Waals surface area contributed by atoms with E-state index in [2.05, 4.69) is 24.1 Å². The molecule has 1 aromatic rings. The lowest BCUT2D eigenvalue weighted by molar-refractivity contribution is 0.0963. The van der Waals surface area contributed by atoms with Crippen molar-refractivity contribution in [1.29, 1.82) is 0 Å². The number of rotatable bonds is 5. The summed E-state index contributed by atoms with van der Waals surface area (Å²) in [6.07, 6.45) is 2.26. The summed E-state index contributed by atoms with van der Waals surface area (Å²) in [5.74, 6) is -0.113. The first-order valence-corrected chi connectivity index (χ1v) is 6.35. The summed E-state index contributed by atoms with van der Waals surface area (Å²) in [7, 11) is 3.65. The van der Waals surface area contributed by atoms with E-state index in [4.69, 9.17) is 5.73 Å². The first-order valence-electron chi connectivity index (χ1n) is 6.35. The fourth-order valence-electron chi connectivity index (χ4n) is 2.01. The molecule has 18 heavy (non-hydrogen) atoms. The van der Waals surface area contributed by atoms with Crippen LogP contribution in [-0.2, 0) is 0 Å². The average molecular weight is 249 g/mol. The van der Waals surface area contributed by atoms with Crippen molar-refractivity contribution in [3.05, 3.63) is 23.8 Å². The number of amides is 1. The van der Waals surface area contributed by atoms with Crippen molar-refractivity contribution in [3.63, 3.8) is 0 Å². The quantitative estimate of drug-likeness (QED) is 0.787. The van der Waals surface area contributed by atoms with Gasteiger partial charge in [-0.2, -0.15) is 0 Å². The zero-order valence-corrected chi connectivity index (χ0v) is 11.7. The minimum absolute atomic E-state index is 0.113. The number of nitrogen functional groups attached to an aromatic ring is 1. The molecule has 1 unspecified atom stereocenters. The molecule has 0 saturated heterocycles. The number of nitrogens with zero attached hydrogens (tertiary/aromatic N) is 1. The fourth-order valence-corrected chi connectivity index (χ4v) is 2.01. The number of hydrogen-bond donors (Lipinski definition) is 2. The summed E-state index contributed by atoms with van der Waals surface area (Å²) in [5, 5.41) is 2.59. The van der Waals surface area contributed by atoms with E-state index in [9.17, 15) is 4.79 Å². The average Bonchev–Trinajstić information content (AvgIpc) is 2.37. The maximum atomic E-state index is 11.5. The molecule has 1 atom stereocenters. The Morgan fingerprint density at radius 2 is 2.17 bits per heavy atom. The van der Waals surface area contributed by atoms with Gasteiger partial charge in [-0.15, -0.1) is 0 Å². The third-order valence-electron chi connectivity index (χ3n) is 3.26. The number of carbonyl (C=O) groups excluding carboxylic acids is 1. The molecule has 1 aromatic carbocycles. The molecular weight excluding hydrogens is 226 g/mol. The Bertz CT molecular complexity index is 418. The van der Waals surface area contributed by atoms with Gasteiger partial charge in [0.15, 0.2) is 0 Å². The molecule has 3 N–H and O–H groups in total. The molecule has 4 heteroatoms. The number of hydrogen-bond acceptors (Lipinski definition) is 3. The lowest BCUT2D eigenvalue weighted by atomic mass is 10.1. The third kappa shape index (κ3) is 3.15. The summed E-state index contributed by atoms with van der Waals surface area (Å²) in [4.78, 5) is 13.7. The molecule has 0 heterocycles. The van der Waals surface area contributed by atoms with Crippen molar-refractivity contribution in [2.24, 2.45) is 0 Å². The third-order valence-corrected chi connectivity index (χ3v) is 3.26. The van der Waals surface area contributed by atoms with Gasteiger partial charge in [0, 0.05) is 25.7 Å². The summed E-state index contributed by atoms with van der Waals surface area (Å²) in [6.45, 7) is 4.35. The molecule has 4 nitrogen and oxygen atoms in total. The van der Waals surface area contributed by atoms with E-state index < -0.39 is 0 Å². The number of benzene rings is 1. The van der Waals surface area contributed by atoms with Crippen molar-refractivity contribution in [3.8, 4) is 0 Å². The normalized spacial score (nSPS) is 12.0. The smallest absolute Gasteiger partial charge is 0.251 e. The van der Waals surface area contributed by atoms with Crippen LogP contribution in [-0.4, -0.2) is 26.0 Å². The zero-order valence-electron chi connectivity index (χ0n) is 11.7. The van der Waals surface area contributed by atoms with E-state index in [1.165, 1.54) is 0 Å². The zero-order chi connectivity index (χ0) is 13.7. The first kappa shape index (κ1) is 14.4. The minimum Gasteiger partial charge on any atom is -0.397 e. The Labute approximate surface area is 109 Å². The van der Waals surface area contributed by atoms with Crippen LogP contribution in [0.25, 0.3) is 0 Å². The van der Waals surface area contributed by atoms with Crippen molar-refractivity contribution in [1.82, 2.24) is 5.32 Å². The van der Waals surface area contributed by atoms with E-state index >= 15 is 0 Å². The van der Waals surface area contributed by atoms with E-state index in [1.54, 1.807) is 19.2 Å². The predicted molar refractivity (Wildman–Crippen MR) is 77.0 cm³/mol. The van der Waals surface area contributed by atoms with Crippen LogP contribution in [0.5, 0.6) is 0 Å². The summed E-state index contributed by atoms with van der Waals surface area (Å²) >= 11 is 0.